The van der Waals surface area contributed by atoms with E-state index in [1.54, 1.807) is 11.3 Å². The summed E-state index contributed by atoms with van der Waals surface area (Å²) in [4.78, 5) is 13.7. The Morgan fingerprint density at radius 3 is 3.28 bits per heavy atom. The largest absolute Gasteiger partial charge is 0.353 e. The van der Waals surface area contributed by atoms with Gasteiger partial charge in [-0.3, -0.25) is 4.79 Å². The number of alkyl halides is 1. The minimum absolute atomic E-state index is 0.0680. The fraction of sp³-hybridized carbons (Fsp3) is 0.643. The van der Waals surface area contributed by atoms with E-state index in [-0.39, 0.29) is 17.9 Å². The highest BCUT2D eigenvalue weighted by Gasteiger charge is 2.27. The van der Waals surface area contributed by atoms with Crippen LogP contribution in [0.1, 0.15) is 49.0 Å². The van der Waals surface area contributed by atoms with Gasteiger partial charge in [0.05, 0.1) is 5.92 Å². The molecule has 1 heterocycles. The van der Waals surface area contributed by atoms with Crippen LogP contribution in [0.3, 0.4) is 0 Å². The van der Waals surface area contributed by atoms with Gasteiger partial charge in [-0.15, -0.1) is 22.9 Å². The number of thiophene rings is 1. The van der Waals surface area contributed by atoms with Gasteiger partial charge in [0.15, 0.2) is 0 Å². The maximum Gasteiger partial charge on any atom is 0.227 e. The number of hydrogen-bond donors (Lipinski definition) is 1. The fourth-order valence-electron chi connectivity index (χ4n) is 2.56. The van der Waals surface area contributed by atoms with E-state index in [9.17, 15) is 4.79 Å². The summed E-state index contributed by atoms with van der Waals surface area (Å²) < 4.78 is 0. The molecule has 0 aromatic carbocycles. The molecule has 0 fully saturated rings. The number of amides is 1. The highest BCUT2D eigenvalue weighted by molar-refractivity contribution is 7.10. The zero-order valence-corrected chi connectivity index (χ0v) is 12.3. The molecule has 0 saturated heterocycles. The maximum atomic E-state index is 12.3. The normalized spacial score (nSPS) is 20.2. The van der Waals surface area contributed by atoms with Crippen LogP contribution in [0.15, 0.2) is 11.4 Å². The Morgan fingerprint density at radius 2 is 2.50 bits per heavy atom. The molecule has 1 N–H and O–H groups in total. The van der Waals surface area contributed by atoms with E-state index < -0.39 is 0 Å². The Labute approximate surface area is 118 Å². The molecule has 0 radical (unpaired) electrons. The van der Waals surface area contributed by atoms with Gasteiger partial charge < -0.3 is 5.32 Å². The second-order valence-corrected chi connectivity index (χ2v) is 6.36. The molecule has 100 valence electrons. The van der Waals surface area contributed by atoms with Crippen LogP contribution >= 0.6 is 22.9 Å². The van der Waals surface area contributed by atoms with Crippen LogP contribution in [0.5, 0.6) is 0 Å². The molecule has 1 aromatic rings. The Hall–Kier alpha value is -0.540. The van der Waals surface area contributed by atoms with E-state index in [0.29, 0.717) is 5.88 Å². The van der Waals surface area contributed by atoms with Gasteiger partial charge in [-0.2, -0.15) is 0 Å². The molecule has 1 amide bonds. The van der Waals surface area contributed by atoms with Crippen molar-refractivity contribution in [2.75, 3.05) is 5.88 Å². The van der Waals surface area contributed by atoms with Crippen molar-refractivity contribution < 1.29 is 4.79 Å². The van der Waals surface area contributed by atoms with Gasteiger partial charge in [-0.1, -0.05) is 0 Å². The standard InChI is InChI=1S/C14H20ClNOS/c1-10(4-3-8-15)16-14(17)12-5-2-6-13-11(12)7-9-18-13/h7,9-10,12H,2-6,8H2,1H3,(H,16,17). The molecule has 2 nitrogen and oxygen atoms in total. The zero-order valence-electron chi connectivity index (χ0n) is 10.7. The molecule has 0 aliphatic heterocycles. The van der Waals surface area contributed by atoms with Gasteiger partial charge in [-0.05, 0) is 56.0 Å². The van der Waals surface area contributed by atoms with Crippen molar-refractivity contribution >= 4 is 28.8 Å². The highest BCUT2D eigenvalue weighted by Crippen LogP contribution is 2.35. The van der Waals surface area contributed by atoms with Crippen LogP contribution in [0.2, 0.25) is 0 Å². The first kappa shape index (κ1) is 13.9. The summed E-state index contributed by atoms with van der Waals surface area (Å²) in [6.45, 7) is 2.06. The van der Waals surface area contributed by atoms with Gasteiger partial charge in [0.25, 0.3) is 0 Å². The molecule has 1 aliphatic carbocycles. The molecular weight excluding hydrogens is 266 g/mol. The summed E-state index contributed by atoms with van der Waals surface area (Å²) in [6.07, 6.45) is 5.16. The van der Waals surface area contributed by atoms with E-state index in [1.165, 1.54) is 10.4 Å². The van der Waals surface area contributed by atoms with E-state index in [2.05, 4.69) is 23.7 Å². The number of halogens is 1. The Bertz CT molecular complexity index is 404. The number of aryl methyl sites for hydroxylation is 1. The Kier molecular flexibility index (Phi) is 5.07. The van der Waals surface area contributed by atoms with Gasteiger partial charge in [0.2, 0.25) is 5.91 Å². The lowest BCUT2D eigenvalue weighted by Gasteiger charge is -2.24. The number of rotatable bonds is 5. The molecule has 0 saturated carbocycles. The van der Waals surface area contributed by atoms with Crippen LogP contribution in [0, 0.1) is 0 Å². The average Bonchev–Trinajstić information content (AvgIpc) is 2.84. The van der Waals surface area contributed by atoms with Crippen molar-refractivity contribution in [1.29, 1.82) is 0 Å². The van der Waals surface area contributed by atoms with Crippen molar-refractivity contribution in [3.63, 3.8) is 0 Å². The lowest BCUT2D eigenvalue weighted by atomic mass is 9.87. The summed E-state index contributed by atoms with van der Waals surface area (Å²) in [5.41, 5.74) is 1.26. The zero-order chi connectivity index (χ0) is 13.0. The number of carbonyl (C=O) groups excluding carboxylic acids is 1. The topological polar surface area (TPSA) is 29.1 Å². The summed E-state index contributed by atoms with van der Waals surface area (Å²) in [5, 5.41) is 5.23. The third-order valence-electron chi connectivity index (χ3n) is 3.53. The molecule has 0 spiro atoms. The summed E-state index contributed by atoms with van der Waals surface area (Å²) in [7, 11) is 0. The average molecular weight is 286 g/mol. The van der Waals surface area contributed by atoms with Crippen molar-refractivity contribution in [1.82, 2.24) is 5.32 Å². The molecule has 2 unspecified atom stereocenters. The van der Waals surface area contributed by atoms with E-state index in [1.807, 2.05) is 0 Å². The van der Waals surface area contributed by atoms with Crippen LogP contribution in [-0.2, 0) is 11.2 Å². The van der Waals surface area contributed by atoms with Crippen LogP contribution in [0.4, 0.5) is 0 Å². The maximum absolute atomic E-state index is 12.3. The van der Waals surface area contributed by atoms with Gasteiger partial charge in [0.1, 0.15) is 0 Å². The first-order valence-corrected chi connectivity index (χ1v) is 8.06. The first-order valence-electron chi connectivity index (χ1n) is 6.65. The number of carbonyl (C=O) groups is 1. The van der Waals surface area contributed by atoms with E-state index in [4.69, 9.17) is 11.6 Å². The SMILES string of the molecule is CC(CCCCl)NC(=O)C1CCCc2sccc21. The van der Waals surface area contributed by atoms with Crippen molar-refractivity contribution in [2.24, 2.45) is 0 Å². The first-order chi connectivity index (χ1) is 8.72. The predicted octanol–water partition coefficient (Wildman–Crippen LogP) is 3.69. The summed E-state index contributed by atoms with van der Waals surface area (Å²) >= 11 is 7.45. The minimum atomic E-state index is 0.0680. The number of hydrogen-bond acceptors (Lipinski definition) is 2. The van der Waals surface area contributed by atoms with Gasteiger partial charge in [-0.25, -0.2) is 0 Å². The second kappa shape index (κ2) is 6.58. The smallest absolute Gasteiger partial charge is 0.227 e. The molecule has 2 rings (SSSR count). The van der Waals surface area contributed by atoms with Crippen molar-refractivity contribution in [2.45, 2.75) is 51.0 Å². The third kappa shape index (κ3) is 3.27. The van der Waals surface area contributed by atoms with Crippen LogP contribution in [0.25, 0.3) is 0 Å². The van der Waals surface area contributed by atoms with Crippen molar-refractivity contribution in [3.8, 4) is 0 Å². The minimum Gasteiger partial charge on any atom is -0.353 e. The highest BCUT2D eigenvalue weighted by atomic mass is 35.5. The third-order valence-corrected chi connectivity index (χ3v) is 4.79. The second-order valence-electron chi connectivity index (χ2n) is 4.98. The lowest BCUT2D eigenvalue weighted by Crippen LogP contribution is -2.37. The molecule has 1 aromatic heterocycles. The molecule has 2 atom stereocenters. The molecule has 0 bridgehead atoms. The lowest BCUT2D eigenvalue weighted by molar-refractivity contribution is -0.123. The molecule has 1 aliphatic rings. The molecule has 18 heavy (non-hydrogen) atoms. The predicted molar refractivity (Wildman–Crippen MR) is 77.6 cm³/mol. The van der Waals surface area contributed by atoms with Gasteiger partial charge >= 0.3 is 0 Å². The van der Waals surface area contributed by atoms with Crippen LogP contribution < -0.4 is 5.32 Å². The van der Waals surface area contributed by atoms with Crippen LogP contribution in [-0.4, -0.2) is 17.8 Å². The Morgan fingerprint density at radius 1 is 1.67 bits per heavy atom. The molecular formula is C14H20ClNOS. The summed E-state index contributed by atoms with van der Waals surface area (Å²) in [5.74, 6) is 0.924. The Balaban J connectivity index is 1.94. The monoisotopic (exact) mass is 285 g/mol. The number of nitrogens with one attached hydrogen (secondary N) is 1. The number of fused-ring (bicyclic) bond motifs is 1. The van der Waals surface area contributed by atoms with Gasteiger partial charge in [0, 0.05) is 16.8 Å². The summed E-state index contributed by atoms with van der Waals surface area (Å²) in [6, 6.07) is 2.34. The van der Waals surface area contributed by atoms with E-state index in [0.717, 1.165) is 32.1 Å². The molecule has 4 heteroatoms. The quantitative estimate of drug-likeness (QED) is 0.822. The van der Waals surface area contributed by atoms with E-state index >= 15 is 0 Å². The van der Waals surface area contributed by atoms with Crippen molar-refractivity contribution in [3.05, 3.63) is 21.9 Å². The fourth-order valence-corrected chi connectivity index (χ4v) is 3.70.